The molecule has 0 N–H and O–H groups in total. The van der Waals surface area contributed by atoms with E-state index in [1.54, 1.807) is 20.8 Å². The lowest BCUT2D eigenvalue weighted by Gasteiger charge is -2.42. The number of thiocarbonyl (C=S) groups is 1. The number of carbonyl (C=O) groups is 3. The van der Waals surface area contributed by atoms with E-state index in [1.807, 2.05) is 30.3 Å². The summed E-state index contributed by atoms with van der Waals surface area (Å²) in [6.07, 6.45) is -1.36. The molecule has 10 nitrogen and oxygen atoms in total. The smallest absolute Gasteiger partial charge is 0.437 e. The molecular formula is C23H28Cl3N3O7S. The van der Waals surface area contributed by atoms with E-state index in [0.29, 0.717) is 0 Å². The lowest BCUT2D eigenvalue weighted by atomic mass is 9.97. The Kier molecular flexibility index (Phi) is 9.73. The quantitative estimate of drug-likeness (QED) is 0.272. The van der Waals surface area contributed by atoms with Crippen LogP contribution >= 0.6 is 47.0 Å². The lowest BCUT2D eigenvalue weighted by Crippen LogP contribution is -2.60. The van der Waals surface area contributed by atoms with Gasteiger partial charge >= 0.3 is 16.2 Å². The van der Waals surface area contributed by atoms with Gasteiger partial charge in [0.1, 0.15) is 24.9 Å². The molecule has 3 rings (SSSR count). The topological polar surface area (TPSA) is 97.8 Å². The van der Waals surface area contributed by atoms with Crippen LogP contribution in [0.2, 0.25) is 0 Å². The van der Waals surface area contributed by atoms with Crippen LogP contribution in [-0.2, 0) is 30.4 Å². The first-order chi connectivity index (χ1) is 17.2. The number of carbonyl (C=O) groups excluding carboxylic acids is 3. The van der Waals surface area contributed by atoms with Crippen LogP contribution in [0.5, 0.6) is 0 Å². The number of likely N-dealkylation sites (tertiary alicyclic amines) is 1. The monoisotopic (exact) mass is 595 g/mol. The van der Waals surface area contributed by atoms with Gasteiger partial charge in [0.15, 0.2) is 0 Å². The number of rotatable bonds is 5. The highest BCUT2D eigenvalue weighted by molar-refractivity contribution is 7.80. The molecule has 0 radical (unpaired) electrons. The average Bonchev–Trinajstić information content (AvgIpc) is 3.23. The minimum absolute atomic E-state index is 0.000477. The lowest BCUT2D eigenvalue weighted by molar-refractivity contribution is -0.183. The summed E-state index contributed by atoms with van der Waals surface area (Å²) in [5.41, 5.74) is -0.0636. The highest BCUT2D eigenvalue weighted by Crippen LogP contribution is 2.31. The first kappa shape index (κ1) is 29.5. The van der Waals surface area contributed by atoms with Gasteiger partial charge in [-0.15, -0.1) is 0 Å². The van der Waals surface area contributed by atoms with Crippen molar-refractivity contribution in [3.05, 3.63) is 35.9 Å². The molecule has 2 heterocycles. The summed E-state index contributed by atoms with van der Waals surface area (Å²) in [5.74, 6) is -0.396. The van der Waals surface area contributed by atoms with Crippen LogP contribution in [0.3, 0.4) is 0 Å². The summed E-state index contributed by atoms with van der Waals surface area (Å²) in [7, 11) is 0. The van der Waals surface area contributed by atoms with E-state index in [-0.39, 0.29) is 44.3 Å². The number of nitrogens with zero attached hydrogens (tertiary/aromatic N) is 3. The number of benzene rings is 1. The first-order valence-corrected chi connectivity index (χ1v) is 13.0. The molecule has 204 valence electrons. The van der Waals surface area contributed by atoms with Crippen molar-refractivity contribution in [3.63, 3.8) is 0 Å². The Hall–Kier alpha value is -2.05. The van der Waals surface area contributed by atoms with Crippen molar-refractivity contribution in [1.82, 2.24) is 14.9 Å². The second kappa shape index (κ2) is 12.2. The van der Waals surface area contributed by atoms with Gasteiger partial charge in [-0.1, -0.05) is 30.3 Å². The zero-order valence-corrected chi connectivity index (χ0v) is 23.6. The van der Waals surface area contributed by atoms with Crippen molar-refractivity contribution in [1.29, 1.82) is 0 Å². The molecule has 1 aromatic rings. The summed E-state index contributed by atoms with van der Waals surface area (Å²) >= 11 is 22.2. The Morgan fingerprint density at radius 2 is 1.78 bits per heavy atom. The van der Waals surface area contributed by atoms with Crippen molar-refractivity contribution >= 4 is 70.3 Å². The minimum atomic E-state index is -2.34. The maximum absolute atomic E-state index is 13.3. The molecule has 2 atom stereocenters. The molecule has 0 saturated carbocycles. The number of hydrogen-bond acceptors (Lipinski definition) is 8. The van der Waals surface area contributed by atoms with E-state index >= 15 is 0 Å². The summed E-state index contributed by atoms with van der Waals surface area (Å²) in [6.45, 7) is 5.57. The van der Waals surface area contributed by atoms with Gasteiger partial charge in [-0.2, -0.15) is 5.06 Å². The largest absolute Gasteiger partial charge is 0.469 e. The number of hydrogen-bond donors (Lipinski definition) is 0. The Morgan fingerprint density at radius 3 is 2.35 bits per heavy atom. The fourth-order valence-electron chi connectivity index (χ4n) is 3.87. The molecule has 2 aliphatic heterocycles. The third-order valence-electron chi connectivity index (χ3n) is 5.42. The van der Waals surface area contributed by atoms with E-state index in [1.165, 1.54) is 9.80 Å². The Balaban J connectivity index is 1.85. The molecule has 0 bridgehead atoms. The molecule has 0 aromatic heterocycles. The van der Waals surface area contributed by atoms with E-state index in [0.717, 1.165) is 10.6 Å². The predicted octanol–water partition coefficient (Wildman–Crippen LogP) is 4.80. The number of halogens is 3. The summed E-state index contributed by atoms with van der Waals surface area (Å²) < 4.78 is 13.4. The van der Waals surface area contributed by atoms with Gasteiger partial charge in [0.2, 0.25) is 0 Å². The van der Waals surface area contributed by atoms with E-state index < -0.39 is 39.8 Å². The van der Waals surface area contributed by atoms with Crippen molar-refractivity contribution < 1.29 is 33.4 Å². The van der Waals surface area contributed by atoms with E-state index in [9.17, 15) is 14.4 Å². The summed E-state index contributed by atoms with van der Waals surface area (Å²) in [4.78, 5) is 47.8. The van der Waals surface area contributed by atoms with Crippen molar-refractivity contribution in [2.45, 2.75) is 61.9 Å². The molecule has 0 aliphatic carbocycles. The highest BCUT2D eigenvalue weighted by Gasteiger charge is 2.45. The number of hydroxylamine groups is 2. The van der Waals surface area contributed by atoms with Gasteiger partial charge in [0.25, 0.3) is 11.1 Å². The Labute approximate surface area is 235 Å². The first-order valence-electron chi connectivity index (χ1n) is 11.5. The minimum Gasteiger partial charge on any atom is -0.469 e. The molecule has 1 aromatic carbocycles. The molecule has 0 spiro atoms. The molecule has 2 fully saturated rings. The maximum Gasteiger partial charge on any atom is 0.437 e. The van der Waals surface area contributed by atoms with E-state index in [4.69, 9.17) is 66.1 Å². The number of ether oxygens (including phenoxy) is 3. The molecule has 2 aliphatic rings. The van der Waals surface area contributed by atoms with Crippen LogP contribution in [0.15, 0.2) is 30.3 Å². The summed E-state index contributed by atoms with van der Waals surface area (Å²) in [5, 5.41) is 0.978. The van der Waals surface area contributed by atoms with Crippen LogP contribution in [0.4, 0.5) is 9.59 Å². The van der Waals surface area contributed by atoms with Crippen molar-refractivity contribution in [3.8, 4) is 0 Å². The van der Waals surface area contributed by atoms with Gasteiger partial charge in [-0.05, 0) is 86.2 Å². The zero-order chi connectivity index (χ0) is 27.4. The predicted molar refractivity (Wildman–Crippen MR) is 140 cm³/mol. The van der Waals surface area contributed by atoms with E-state index in [2.05, 4.69) is 0 Å². The van der Waals surface area contributed by atoms with Gasteiger partial charge < -0.3 is 14.2 Å². The molecule has 0 unspecified atom stereocenters. The second-order valence-electron chi connectivity index (χ2n) is 9.38. The normalized spacial score (nSPS) is 20.3. The number of alkyl halides is 3. The van der Waals surface area contributed by atoms with Crippen molar-refractivity contribution in [2.24, 2.45) is 0 Å². The van der Waals surface area contributed by atoms with Crippen LogP contribution < -0.4 is 0 Å². The van der Waals surface area contributed by atoms with Gasteiger partial charge in [-0.25, -0.2) is 9.59 Å². The van der Waals surface area contributed by atoms with Crippen molar-refractivity contribution in [2.75, 3.05) is 19.7 Å². The van der Waals surface area contributed by atoms with Crippen LogP contribution in [0.25, 0.3) is 0 Å². The zero-order valence-electron chi connectivity index (χ0n) is 20.5. The van der Waals surface area contributed by atoms with Crippen LogP contribution in [0, 0.1) is 0 Å². The number of piperidine rings is 1. The maximum atomic E-state index is 13.3. The average molecular weight is 597 g/mol. The van der Waals surface area contributed by atoms with Crippen LogP contribution in [-0.4, -0.2) is 79.5 Å². The molecular weight excluding hydrogens is 569 g/mol. The van der Waals surface area contributed by atoms with Crippen LogP contribution in [0.1, 0.15) is 39.2 Å². The standard InChI is InChI=1S/C23H28Cl3N3O7S/c1-22(2,3)35-19(31)28-13-16(9-10-17(28)18(30)27-11-12-33-21(27)37)29(20(32)36-23(24,25)26)34-14-15-7-5-4-6-8-15/h4-8,16-17H,9-14H2,1-3H3/t16-,17+/m1/s1. The molecule has 14 heteroatoms. The van der Waals surface area contributed by atoms with Gasteiger partial charge in [-0.3, -0.25) is 19.4 Å². The molecule has 2 saturated heterocycles. The fraction of sp³-hybridized carbons (Fsp3) is 0.565. The summed E-state index contributed by atoms with van der Waals surface area (Å²) in [6, 6.07) is 7.44. The van der Waals surface area contributed by atoms with Gasteiger partial charge in [0.05, 0.1) is 12.6 Å². The third kappa shape index (κ3) is 8.47. The molecule has 3 amide bonds. The molecule has 37 heavy (non-hydrogen) atoms. The SMILES string of the molecule is CC(C)(C)OC(=O)N1C[C@H](N(OCc2ccccc2)C(=O)OC(Cl)(Cl)Cl)CC[C@H]1C(=O)N1CCOC1=S. The second-order valence-corrected chi connectivity index (χ2v) is 11.9. The highest BCUT2D eigenvalue weighted by atomic mass is 35.6. The Morgan fingerprint density at radius 1 is 1.11 bits per heavy atom. The van der Waals surface area contributed by atoms with Gasteiger partial charge in [0, 0.05) is 6.54 Å². The fourth-order valence-corrected chi connectivity index (χ4v) is 4.33. The Bertz CT molecular complexity index is 1000. The third-order valence-corrected chi connectivity index (χ3v) is 5.99. The number of amides is 3.